The van der Waals surface area contributed by atoms with Gasteiger partial charge in [0, 0.05) is 45.3 Å². The fourth-order valence-corrected chi connectivity index (χ4v) is 4.73. The van der Waals surface area contributed by atoms with Gasteiger partial charge in [0.1, 0.15) is 0 Å². The Hall–Kier alpha value is -1.64. The molecule has 0 unspecified atom stereocenters. The quantitative estimate of drug-likeness (QED) is 0.806. The summed E-state index contributed by atoms with van der Waals surface area (Å²) in [7, 11) is 0. The van der Waals surface area contributed by atoms with E-state index < -0.39 is 17.3 Å². The van der Waals surface area contributed by atoms with Crippen molar-refractivity contribution in [2.45, 2.75) is 49.9 Å². The topological polar surface area (TPSA) is 47.0 Å². The minimum Gasteiger partial charge on any atom is -0.385 e. The van der Waals surface area contributed by atoms with Gasteiger partial charge in [0.05, 0.1) is 17.7 Å². The van der Waals surface area contributed by atoms with Gasteiger partial charge in [-0.05, 0) is 43.4 Å². The van der Waals surface area contributed by atoms with Crippen LogP contribution >= 0.6 is 0 Å². The van der Waals surface area contributed by atoms with Crippen LogP contribution < -0.4 is 0 Å². The van der Waals surface area contributed by atoms with Crippen LogP contribution in [0.25, 0.3) is 0 Å². The number of halogens is 3. The Bertz CT molecular complexity index is 750. The van der Waals surface area contributed by atoms with Gasteiger partial charge in [0.25, 0.3) is 0 Å². The predicted octanol–water partition coefficient (Wildman–Crippen LogP) is 2.69. The highest BCUT2D eigenvalue weighted by Gasteiger charge is 2.38. The van der Waals surface area contributed by atoms with Crippen molar-refractivity contribution in [3.63, 3.8) is 0 Å². The number of piperidine rings is 1. The van der Waals surface area contributed by atoms with Crippen LogP contribution in [0.3, 0.4) is 0 Å². The summed E-state index contributed by atoms with van der Waals surface area (Å²) < 4.78 is 39.0. The van der Waals surface area contributed by atoms with Gasteiger partial charge in [-0.15, -0.1) is 0 Å². The Kier molecular flexibility index (Phi) is 6.10. The van der Waals surface area contributed by atoms with Crippen molar-refractivity contribution in [1.82, 2.24) is 14.7 Å². The molecule has 30 heavy (non-hydrogen) atoms. The summed E-state index contributed by atoms with van der Waals surface area (Å²) in [6.45, 7) is 4.68. The summed E-state index contributed by atoms with van der Waals surface area (Å²) >= 11 is 0. The Morgan fingerprint density at radius 2 is 1.73 bits per heavy atom. The number of rotatable bonds is 4. The molecule has 3 aliphatic rings. The Balaban J connectivity index is 1.28. The summed E-state index contributed by atoms with van der Waals surface area (Å²) in [6, 6.07) is 5.67. The van der Waals surface area contributed by atoms with Crippen LogP contribution in [0.15, 0.2) is 24.3 Å². The van der Waals surface area contributed by atoms with E-state index in [2.05, 4.69) is 4.90 Å². The van der Waals surface area contributed by atoms with E-state index in [-0.39, 0.29) is 5.91 Å². The van der Waals surface area contributed by atoms with Crippen molar-refractivity contribution in [1.29, 1.82) is 0 Å². The van der Waals surface area contributed by atoms with Gasteiger partial charge in [-0.3, -0.25) is 14.6 Å². The standard InChI is InChI=1S/C22H30F3N3O2/c23-22(24,25)18-4-1-3-17(15-18)21(30)7-9-26(10-8-21)16-20(29)28-13-11-27(12-14-28)19-5-2-6-19/h1,3-4,15,19,30H,2,5-14,16H2. The first kappa shape index (κ1) is 21.6. The van der Waals surface area contributed by atoms with Gasteiger partial charge in [0.15, 0.2) is 0 Å². The predicted molar refractivity (Wildman–Crippen MR) is 107 cm³/mol. The SMILES string of the molecule is O=C(CN1CCC(O)(c2cccc(C(F)(F)F)c2)CC1)N1CCN(C2CCC2)CC1. The average molecular weight is 425 g/mol. The van der Waals surface area contributed by atoms with E-state index in [1.807, 2.05) is 9.80 Å². The van der Waals surface area contributed by atoms with Gasteiger partial charge in [-0.1, -0.05) is 18.6 Å². The highest BCUT2D eigenvalue weighted by molar-refractivity contribution is 5.78. The molecule has 4 rings (SSSR count). The number of alkyl halides is 3. The Labute approximate surface area is 175 Å². The van der Waals surface area contributed by atoms with Gasteiger partial charge in [-0.25, -0.2) is 0 Å². The number of hydrogen-bond acceptors (Lipinski definition) is 4. The maximum Gasteiger partial charge on any atom is 0.416 e. The molecule has 0 spiro atoms. The van der Waals surface area contributed by atoms with Gasteiger partial charge >= 0.3 is 6.18 Å². The van der Waals surface area contributed by atoms with Crippen LogP contribution in [0.5, 0.6) is 0 Å². The molecule has 0 radical (unpaired) electrons. The molecule has 0 aromatic heterocycles. The van der Waals surface area contributed by atoms with E-state index in [0.29, 0.717) is 44.1 Å². The first-order chi connectivity index (χ1) is 14.2. The minimum absolute atomic E-state index is 0.104. The number of carbonyl (C=O) groups is 1. The van der Waals surface area contributed by atoms with Crippen LogP contribution in [-0.4, -0.2) is 77.6 Å². The number of carbonyl (C=O) groups excluding carboxylic acids is 1. The largest absolute Gasteiger partial charge is 0.416 e. The molecule has 1 aromatic rings. The Morgan fingerprint density at radius 3 is 2.30 bits per heavy atom. The third kappa shape index (κ3) is 4.65. The van der Waals surface area contributed by atoms with Gasteiger partial charge in [0.2, 0.25) is 5.91 Å². The molecule has 5 nitrogen and oxygen atoms in total. The fourth-order valence-electron chi connectivity index (χ4n) is 4.73. The summed E-state index contributed by atoms with van der Waals surface area (Å²) in [6.07, 6.45) is 0.0644. The Morgan fingerprint density at radius 1 is 1.07 bits per heavy atom. The minimum atomic E-state index is -4.43. The van der Waals surface area contributed by atoms with Crippen LogP contribution in [0.4, 0.5) is 13.2 Å². The molecule has 1 saturated carbocycles. The molecule has 8 heteroatoms. The second-order valence-corrected chi connectivity index (χ2v) is 8.89. The van der Waals surface area contributed by atoms with Crippen LogP contribution in [0.1, 0.15) is 43.2 Å². The van der Waals surface area contributed by atoms with Gasteiger partial charge in [-0.2, -0.15) is 13.2 Å². The third-order valence-corrected chi connectivity index (χ3v) is 7.03. The molecule has 2 heterocycles. The zero-order valence-corrected chi connectivity index (χ0v) is 17.2. The maximum atomic E-state index is 13.0. The first-order valence-corrected chi connectivity index (χ1v) is 10.9. The molecule has 0 bridgehead atoms. The van der Waals surface area contributed by atoms with Crippen LogP contribution in [0, 0.1) is 0 Å². The first-order valence-electron chi connectivity index (χ1n) is 10.9. The second-order valence-electron chi connectivity index (χ2n) is 8.89. The van der Waals surface area contributed by atoms with Crippen LogP contribution in [-0.2, 0) is 16.6 Å². The van der Waals surface area contributed by atoms with E-state index in [9.17, 15) is 23.1 Å². The molecule has 166 valence electrons. The van der Waals surface area contributed by atoms with E-state index in [0.717, 1.165) is 38.3 Å². The lowest BCUT2D eigenvalue weighted by atomic mass is 9.83. The molecule has 2 saturated heterocycles. The van der Waals surface area contributed by atoms with E-state index >= 15 is 0 Å². The van der Waals surface area contributed by atoms with E-state index in [1.165, 1.54) is 25.3 Å². The molecular formula is C22H30F3N3O2. The van der Waals surface area contributed by atoms with Gasteiger partial charge < -0.3 is 10.0 Å². The van der Waals surface area contributed by atoms with Crippen molar-refractivity contribution in [2.24, 2.45) is 0 Å². The number of amides is 1. The lowest BCUT2D eigenvalue weighted by molar-refractivity contribution is -0.138. The molecule has 1 amide bonds. The lowest BCUT2D eigenvalue weighted by Gasteiger charge is -2.43. The summed E-state index contributed by atoms with van der Waals surface area (Å²) in [4.78, 5) is 19.1. The smallest absolute Gasteiger partial charge is 0.385 e. The highest BCUT2D eigenvalue weighted by atomic mass is 19.4. The zero-order valence-electron chi connectivity index (χ0n) is 17.2. The number of piperazine rings is 1. The lowest BCUT2D eigenvalue weighted by Crippen LogP contribution is -2.55. The number of hydrogen-bond donors (Lipinski definition) is 1. The highest BCUT2D eigenvalue weighted by Crippen LogP contribution is 2.36. The molecule has 3 fully saturated rings. The molecule has 1 aromatic carbocycles. The molecule has 1 aliphatic carbocycles. The maximum absolute atomic E-state index is 13.0. The number of aliphatic hydroxyl groups is 1. The normalized spacial score (nSPS) is 23.9. The molecule has 2 aliphatic heterocycles. The number of likely N-dealkylation sites (tertiary alicyclic amines) is 1. The molecule has 1 N–H and O–H groups in total. The number of benzene rings is 1. The summed E-state index contributed by atoms with van der Waals surface area (Å²) in [5.41, 5.74) is -1.72. The van der Waals surface area contributed by atoms with Crippen molar-refractivity contribution >= 4 is 5.91 Å². The fraction of sp³-hybridized carbons (Fsp3) is 0.682. The third-order valence-electron chi connectivity index (χ3n) is 7.03. The van der Waals surface area contributed by atoms with Crippen molar-refractivity contribution in [3.8, 4) is 0 Å². The second kappa shape index (κ2) is 8.48. The van der Waals surface area contributed by atoms with E-state index in [1.54, 1.807) is 6.07 Å². The van der Waals surface area contributed by atoms with Crippen molar-refractivity contribution < 1.29 is 23.1 Å². The summed E-state index contributed by atoms with van der Waals surface area (Å²) in [5, 5.41) is 10.9. The van der Waals surface area contributed by atoms with Crippen molar-refractivity contribution in [3.05, 3.63) is 35.4 Å². The monoisotopic (exact) mass is 425 g/mol. The molecular weight excluding hydrogens is 395 g/mol. The average Bonchev–Trinajstić information content (AvgIpc) is 2.68. The van der Waals surface area contributed by atoms with E-state index in [4.69, 9.17) is 0 Å². The zero-order chi connectivity index (χ0) is 21.4. The summed E-state index contributed by atoms with van der Waals surface area (Å²) in [5.74, 6) is 0.104. The molecule has 0 atom stereocenters. The van der Waals surface area contributed by atoms with Crippen LogP contribution in [0.2, 0.25) is 0 Å². The number of nitrogens with zero attached hydrogens (tertiary/aromatic N) is 3. The van der Waals surface area contributed by atoms with Crippen molar-refractivity contribution in [2.75, 3.05) is 45.8 Å².